The number of rotatable bonds is 1. The second-order valence-electron chi connectivity index (χ2n) is 3.49. The topological polar surface area (TPSA) is 41.6 Å². The molecule has 2 heterocycles. The Labute approximate surface area is 101 Å². The molecule has 16 heavy (non-hydrogen) atoms. The molecule has 0 saturated heterocycles. The lowest BCUT2D eigenvalue weighted by Crippen LogP contribution is -1.79. The Kier molecular flexibility index (Phi) is 2.22. The highest BCUT2D eigenvalue weighted by Gasteiger charge is 2.04. The normalized spacial score (nSPS) is 10.8. The zero-order valence-electron chi connectivity index (χ0n) is 8.31. The molecule has 1 aromatic carbocycles. The molecule has 1 N–H and O–H groups in total. The molecule has 3 nitrogen and oxygen atoms in total. The van der Waals surface area contributed by atoms with Gasteiger partial charge in [-0.15, -0.1) is 0 Å². The van der Waals surface area contributed by atoms with Crippen molar-refractivity contribution in [2.75, 3.05) is 0 Å². The number of nitrogens with one attached hydrogen (secondary N) is 1. The van der Waals surface area contributed by atoms with Crippen LogP contribution in [0, 0.1) is 0 Å². The van der Waals surface area contributed by atoms with Gasteiger partial charge < -0.3 is 4.98 Å². The van der Waals surface area contributed by atoms with Crippen molar-refractivity contribution >= 4 is 27.0 Å². The van der Waals surface area contributed by atoms with Crippen molar-refractivity contribution in [3.63, 3.8) is 0 Å². The number of fused-ring (bicyclic) bond motifs is 1. The van der Waals surface area contributed by atoms with Crippen LogP contribution in [0.2, 0.25) is 0 Å². The molecule has 0 unspecified atom stereocenters. The van der Waals surface area contributed by atoms with Gasteiger partial charge in [-0.25, -0.2) is 4.98 Å². The van der Waals surface area contributed by atoms with Gasteiger partial charge in [-0.2, -0.15) is 0 Å². The van der Waals surface area contributed by atoms with Crippen LogP contribution in [-0.2, 0) is 0 Å². The first kappa shape index (κ1) is 9.54. The predicted molar refractivity (Wildman–Crippen MR) is 67.0 cm³/mol. The molecule has 0 saturated carbocycles. The fourth-order valence-electron chi connectivity index (χ4n) is 1.63. The Hall–Kier alpha value is -1.68. The Morgan fingerprint density at radius 3 is 2.94 bits per heavy atom. The molecule has 3 aromatic rings. The summed E-state index contributed by atoms with van der Waals surface area (Å²) in [5.74, 6) is 0.865. The molecule has 0 amide bonds. The molecule has 2 aromatic heterocycles. The van der Waals surface area contributed by atoms with E-state index in [4.69, 9.17) is 0 Å². The Balaban J connectivity index is 2.19. The molecule has 0 aliphatic carbocycles. The van der Waals surface area contributed by atoms with Gasteiger partial charge in [0.2, 0.25) is 0 Å². The molecule has 4 heteroatoms. The average Bonchev–Trinajstić information content (AvgIpc) is 2.72. The maximum absolute atomic E-state index is 4.51. The number of pyridine rings is 1. The van der Waals surface area contributed by atoms with Gasteiger partial charge in [0.25, 0.3) is 0 Å². The molecular weight excluding hydrogens is 266 g/mol. The molecule has 0 bridgehead atoms. The zero-order valence-corrected chi connectivity index (χ0v) is 9.90. The van der Waals surface area contributed by atoms with E-state index in [0.717, 1.165) is 26.9 Å². The van der Waals surface area contributed by atoms with Gasteiger partial charge in [-0.05, 0) is 18.2 Å². The van der Waals surface area contributed by atoms with Crippen LogP contribution in [0.4, 0.5) is 0 Å². The second-order valence-corrected chi connectivity index (χ2v) is 4.40. The molecule has 0 spiro atoms. The van der Waals surface area contributed by atoms with E-state index < -0.39 is 0 Å². The summed E-state index contributed by atoms with van der Waals surface area (Å²) < 4.78 is 1.04. The molecule has 78 valence electrons. The number of nitrogens with zero attached hydrogens (tertiary/aromatic N) is 2. The van der Waals surface area contributed by atoms with E-state index in [1.807, 2.05) is 30.3 Å². The van der Waals surface area contributed by atoms with Crippen LogP contribution in [0.25, 0.3) is 22.4 Å². The third-order valence-electron chi connectivity index (χ3n) is 2.38. The van der Waals surface area contributed by atoms with Crippen LogP contribution in [0.5, 0.6) is 0 Å². The molecule has 3 rings (SSSR count). The monoisotopic (exact) mass is 273 g/mol. The summed E-state index contributed by atoms with van der Waals surface area (Å²) in [6.45, 7) is 0. The first-order chi connectivity index (χ1) is 7.83. The van der Waals surface area contributed by atoms with Gasteiger partial charge in [0, 0.05) is 16.2 Å². The highest BCUT2D eigenvalue weighted by Crippen LogP contribution is 2.22. The summed E-state index contributed by atoms with van der Waals surface area (Å²) in [5, 5.41) is 0. The van der Waals surface area contributed by atoms with Crippen molar-refractivity contribution in [2.45, 2.75) is 0 Å². The number of halogens is 1. The number of aromatic nitrogens is 3. The highest BCUT2D eigenvalue weighted by molar-refractivity contribution is 9.10. The summed E-state index contributed by atoms with van der Waals surface area (Å²) in [5.41, 5.74) is 2.95. The highest BCUT2D eigenvalue weighted by atomic mass is 79.9. The van der Waals surface area contributed by atoms with Gasteiger partial charge in [-0.3, -0.25) is 4.98 Å². The number of H-pyrrole nitrogens is 1. The quantitative estimate of drug-likeness (QED) is 0.739. The third-order valence-corrected chi connectivity index (χ3v) is 2.87. The lowest BCUT2D eigenvalue weighted by Gasteiger charge is -1.96. The smallest absolute Gasteiger partial charge is 0.138 e. The van der Waals surface area contributed by atoms with E-state index in [-0.39, 0.29) is 0 Å². The fourth-order valence-corrected chi connectivity index (χ4v) is 2.03. The second kappa shape index (κ2) is 3.72. The molecular formula is C12H8BrN3. The minimum absolute atomic E-state index is 0.865. The van der Waals surface area contributed by atoms with Crippen LogP contribution in [0.15, 0.2) is 47.2 Å². The van der Waals surface area contributed by atoms with Crippen molar-refractivity contribution in [2.24, 2.45) is 0 Å². The van der Waals surface area contributed by atoms with Crippen LogP contribution in [0.3, 0.4) is 0 Å². The zero-order chi connectivity index (χ0) is 11.0. The molecule has 0 fully saturated rings. The van der Waals surface area contributed by atoms with E-state index in [9.17, 15) is 0 Å². The van der Waals surface area contributed by atoms with Crippen molar-refractivity contribution in [1.82, 2.24) is 15.0 Å². The Bertz CT molecular complexity index is 612. The summed E-state index contributed by atoms with van der Waals surface area (Å²) in [4.78, 5) is 11.8. The summed E-state index contributed by atoms with van der Waals surface area (Å²) >= 11 is 3.45. The van der Waals surface area contributed by atoms with E-state index >= 15 is 0 Å². The number of hydrogen-bond donors (Lipinski definition) is 1. The number of hydrogen-bond acceptors (Lipinski definition) is 2. The number of aromatic amines is 1. The molecule has 0 aliphatic rings. The van der Waals surface area contributed by atoms with Crippen LogP contribution < -0.4 is 0 Å². The molecule has 0 radical (unpaired) electrons. The summed E-state index contributed by atoms with van der Waals surface area (Å²) in [7, 11) is 0. The Morgan fingerprint density at radius 1 is 1.19 bits per heavy atom. The van der Waals surface area contributed by atoms with Crippen LogP contribution >= 0.6 is 15.9 Å². The SMILES string of the molecule is Brc1cccc(-c2nc3ccncc3[nH]2)c1. The van der Waals surface area contributed by atoms with Crippen molar-refractivity contribution in [1.29, 1.82) is 0 Å². The largest absolute Gasteiger partial charge is 0.337 e. The lowest BCUT2D eigenvalue weighted by molar-refractivity contribution is 1.32. The van der Waals surface area contributed by atoms with Crippen molar-refractivity contribution < 1.29 is 0 Å². The summed E-state index contributed by atoms with van der Waals surface area (Å²) in [6, 6.07) is 9.94. The first-order valence-corrected chi connectivity index (χ1v) is 5.68. The fraction of sp³-hybridized carbons (Fsp3) is 0. The van der Waals surface area contributed by atoms with Crippen LogP contribution in [0.1, 0.15) is 0 Å². The predicted octanol–water partition coefficient (Wildman–Crippen LogP) is 3.39. The van der Waals surface area contributed by atoms with Gasteiger partial charge >= 0.3 is 0 Å². The maximum atomic E-state index is 4.51. The molecule has 0 atom stereocenters. The molecule has 0 aliphatic heterocycles. The van der Waals surface area contributed by atoms with E-state index in [0.29, 0.717) is 0 Å². The van der Waals surface area contributed by atoms with Gasteiger partial charge in [-0.1, -0.05) is 28.1 Å². The van der Waals surface area contributed by atoms with E-state index in [2.05, 4.69) is 30.9 Å². The number of imidazole rings is 1. The third kappa shape index (κ3) is 1.61. The number of benzene rings is 1. The van der Waals surface area contributed by atoms with Crippen molar-refractivity contribution in [3.05, 3.63) is 47.2 Å². The standard InChI is InChI=1S/C12H8BrN3/c13-9-3-1-2-8(6-9)12-15-10-4-5-14-7-11(10)16-12/h1-7H,(H,15,16). The average molecular weight is 274 g/mol. The summed E-state index contributed by atoms with van der Waals surface area (Å²) in [6.07, 6.45) is 3.53. The van der Waals surface area contributed by atoms with Crippen LogP contribution in [-0.4, -0.2) is 15.0 Å². The lowest BCUT2D eigenvalue weighted by atomic mass is 10.2. The first-order valence-electron chi connectivity index (χ1n) is 4.88. The van der Waals surface area contributed by atoms with Gasteiger partial charge in [0.05, 0.1) is 17.2 Å². The Morgan fingerprint density at radius 2 is 2.12 bits per heavy atom. The van der Waals surface area contributed by atoms with E-state index in [1.165, 1.54) is 0 Å². The van der Waals surface area contributed by atoms with Gasteiger partial charge in [0.1, 0.15) is 5.82 Å². The van der Waals surface area contributed by atoms with Gasteiger partial charge in [0.15, 0.2) is 0 Å². The minimum atomic E-state index is 0.865. The maximum Gasteiger partial charge on any atom is 0.138 e. The van der Waals surface area contributed by atoms with E-state index in [1.54, 1.807) is 12.4 Å². The minimum Gasteiger partial charge on any atom is -0.337 e. The van der Waals surface area contributed by atoms with Crippen molar-refractivity contribution in [3.8, 4) is 11.4 Å².